The fourth-order valence-electron chi connectivity index (χ4n) is 1.33. The van der Waals surface area contributed by atoms with E-state index in [1.54, 1.807) is 12.1 Å². The number of rotatable bonds is 8. The number of benzene rings is 1. The Morgan fingerprint density at radius 3 is 2.50 bits per heavy atom. The van der Waals surface area contributed by atoms with Gasteiger partial charge in [-0.2, -0.15) is 0 Å². The van der Waals surface area contributed by atoms with Crippen LogP contribution in [0.3, 0.4) is 0 Å². The molecular weight excluding hydrogens is 234 g/mol. The van der Waals surface area contributed by atoms with Gasteiger partial charge in [0.25, 0.3) is 5.69 Å². The predicted molar refractivity (Wildman–Crippen MR) is 70.0 cm³/mol. The average molecular weight is 253 g/mol. The SMILES string of the molecule is CN(C)CCNCCOc1ccc([N+](=O)[O-])cc1. The standard InChI is InChI=1S/C12H19N3O3/c1-14(2)9-7-13-8-10-18-12-5-3-11(4-6-12)15(16)17/h3-6,13H,7-10H2,1-2H3. The normalized spacial score (nSPS) is 10.6. The van der Waals surface area contributed by atoms with Crippen molar-refractivity contribution in [3.8, 4) is 5.75 Å². The number of nitrogens with zero attached hydrogens (tertiary/aromatic N) is 2. The van der Waals surface area contributed by atoms with Crippen LogP contribution in [0.4, 0.5) is 5.69 Å². The summed E-state index contributed by atoms with van der Waals surface area (Å²) in [5.74, 6) is 0.648. The van der Waals surface area contributed by atoms with Gasteiger partial charge in [0, 0.05) is 31.8 Å². The minimum atomic E-state index is -0.424. The van der Waals surface area contributed by atoms with Crippen molar-refractivity contribution in [1.82, 2.24) is 10.2 Å². The van der Waals surface area contributed by atoms with Crippen molar-refractivity contribution in [2.75, 3.05) is 40.3 Å². The summed E-state index contributed by atoms with van der Waals surface area (Å²) in [5.41, 5.74) is 0.0754. The summed E-state index contributed by atoms with van der Waals surface area (Å²) >= 11 is 0. The second-order valence-electron chi connectivity index (χ2n) is 4.15. The van der Waals surface area contributed by atoms with Gasteiger partial charge in [0.1, 0.15) is 12.4 Å². The lowest BCUT2D eigenvalue weighted by Gasteiger charge is -2.10. The first kappa shape index (κ1) is 14.4. The van der Waals surface area contributed by atoms with Crippen LogP contribution in [0.5, 0.6) is 5.75 Å². The Balaban J connectivity index is 2.17. The zero-order valence-electron chi connectivity index (χ0n) is 10.8. The van der Waals surface area contributed by atoms with Gasteiger partial charge in [0.15, 0.2) is 0 Å². The van der Waals surface area contributed by atoms with Crippen LogP contribution in [-0.4, -0.2) is 50.2 Å². The van der Waals surface area contributed by atoms with Crippen LogP contribution in [0.1, 0.15) is 0 Å². The summed E-state index contributed by atoms with van der Waals surface area (Å²) in [6.45, 7) is 3.20. The molecule has 0 aliphatic heterocycles. The molecule has 0 aliphatic carbocycles. The van der Waals surface area contributed by atoms with Crippen molar-refractivity contribution in [3.63, 3.8) is 0 Å². The van der Waals surface area contributed by atoms with Gasteiger partial charge in [-0.15, -0.1) is 0 Å². The van der Waals surface area contributed by atoms with Crippen LogP contribution in [0.2, 0.25) is 0 Å². The molecule has 6 nitrogen and oxygen atoms in total. The Morgan fingerprint density at radius 1 is 1.28 bits per heavy atom. The maximum atomic E-state index is 10.5. The molecule has 1 N–H and O–H groups in total. The summed E-state index contributed by atoms with van der Waals surface area (Å²) < 4.78 is 5.45. The first-order valence-corrected chi connectivity index (χ1v) is 5.82. The van der Waals surface area contributed by atoms with Gasteiger partial charge < -0.3 is 15.0 Å². The molecule has 0 aromatic heterocycles. The number of hydrogen-bond acceptors (Lipinski definition) is 5. The van der Waals surface area contributed by atoms with Gasteiger partial charge in [-0.05, 0) is 26.2 Å². The van der Waals surface area contributed by atoms with Crippen molar-refractivity contribution in [3.05, 3.63) is 34.4 Å². The van der Waals surface area contributed by atoms with E-state index in [2.05, 4.69) is 10.2 Å². The number of hydrogen-bond donors (Lipinski definition) is 1. The molecule has 18 heavy (non-hydrogen) atoms. The molecule has 100 valence electrons. The maximum absolute atomic E-state index is 10.5. The fourth-order valence-corrected chi connectivity index (χ4v) is 1.33. The van der Waals surface area contributed by atoms with Crippen molar-refractivity contribution < 1.29 is 9.66 Å². The molecule has 0 bridgehead atoms. The van der Waals surface area contributed by atoms with Crippen LogP contribution in [0.15, 0.2) is 24.3 Å². The molecule has 1 aromatic rings. The molecule has 0 aliphatic rings. The number of nitrogens with one attached hydrogen (secondary N) is 1. The van der Waals surface area contributed by atoms with E-state index < -0.39 is 4.92 Å². The third-order valence-corrected chi connectivity index (χ3v) is 2.33. The third kappa shape index (κ3) is 5.60. The number of non-ortho nitro benzene ring substituents is 1. The topological polar surface area (TPSA) is 67.6 Å². The van der Waals surface area contributed by atoms with Gasteiger partial charge >= 0.3 is 0 Å². The van der Waals surface area contributed by atoms with E-state index in [9.17, 15) is 10.1 Å². The number of ether oxygens (including phenoxy) is 1. The minimum Gasteiger partial charge on any atom is -0.492 e. The first-order chi connectivity index (χ1) is 8.59. The Morgan fingerprint density at radius 2 is 1.94 bits per heavy atom. The van der Waals surface area contributed by atoms with Crippen molar-refractivity contribution in [2.45, 2.75) is 0 Å². The van der Waals surface area contributed by atoms with Gasteiger partial charge in [0.2, 0.25) is 0 Å². The van der Waals surface area contributed by atoms with E-state index >= 15 is 0 Å². The molecule has 0 saturated carbocycles. The second kappa shape index (κ2) is 7.62. The Bertz CT molecular complexity index is 365. The molecule has 0 unspecified atom stereocenters. The van der Waals surface area contributed by atoms with E-state index in [0.717, 1.165) is 19.6 Å². The van der Waals surface area contributed by atoms with Gasteiger partial charge in [0.05, 0.1) is 4.92 Å². The Labute approximate surface area is 107 Å². The molecule has 0 spiro atoms. The molecule has 0 amide bonds. The summed E-state index contributed by atoms with van der Waals surface area (Å²) in [7, 11) is 4.05. The van der Waals surface area contributed by atoms with Crippen molar-refractivity contribution >= 4 is 5.69 Å². The maximum Gasteiger partial charge on any atom is 0.269 e. The molecule has 0 saturated heterocycles. The quantitative estimate of drug-likeness (QED) is 0.427. The number of nitro benzene ring substituents is 1. The van der Waals surface area contributed by atoms with Gasteiger partial charge in [-0.3, -0.25) is 10.1 Å². The summed E-state index contributed by atoms with van der Waals surface area (Å²) in [4.78, 5) is 12.1. The Kier molecular flexibility index (Phi) is 6.10. The lowest BCUT2D eigenvalue weighted by atomic mass is 10.3. The lowest BCUT2D eigenvalue weighted by Crippen LogP contribution is -2.29. The van der Waals surface area contributed by atoms with Gasteiger partial charge in [-0.25, -0.2) is 0 Å². The minimum absolute atomic E-state index is 0.0754. The molecule has 0 fully saturated rings. The first-order valence-electron chi connectivity index (χ1n) is 5.82. The highest BCUT2D eigenvalue weighted by Gasteiger charge is 2.03. The molecule has 1 aromatic carbocycles. The van der Waals surface area contributed by atoms with E-state index in [-0.39, 0.29) is 5.69 Å². The van der Waals surface area contributed by atoms with Crippen LogP contribution < -0.4 is 10.1 Å². The summed E-state index contributed by atoms with van der Waals surface area (Å²) in [6.07, 6.45) is 0. The smallest absolute Gasteiger partial charge is 0.269 e. The molecule has 0 heterocycles. The number of likely N-dealkylation sites (N-methyl/N-ethyl adjacent to an activating group) is 1. The van der Waals surface area contributed by atoms with Crippen LogP contribution in [-0.2, 0) is 0 Å². The van der Waals surface area contributed by atoms with E-state index in [1.165, 1.54) is 12.1 Å². The van der Waals surface area contributed by atoms with E-state index in [4.69, 9.17) is 4.74 Å². The highest BCUT2D eigenvalue weighted by molar-refractivity contribution is 5.35. The van der Waals surface area contributed by atoms with E-state index in [0.29, 0.717) is 12.4 Å². The molecular formula is C12H19N3O3. The van der Waals surface area contributed by atoms with Crippen LogP contribution in [0.25, 0.3) is 0 Å². The monoisotopic (exact) mass is 253 g/mol. The third-order valence-electron chi connectivity index (χ3n) is 2.33. The van der Waals surface area contributed by atoms with Gasteiger partial charge in [-0.1, -0.05) is 0 Å². The lowest BCUT2D eigenvalue weighted by molar-refractivity contribution is -0.384. The molecule has 1 rings (SSSR count). The highest BCUT2D eigenvalue weighted by Crippen LogP contribution is 2.16. The van der Waals surface area contributed by atoms with Crippen LogP contribution >= 0.6 is 0 Å². The number of nitro groups is 1. The Hall–Kier alpha value is -1.66. The molecule has 6 heteroatoms. The second-order valence-corrected chi connectivity index (χ2v) is 4.15. The fraction of sp³-hybridized carbons (Fsp3) is 0.500. The zero-order chi connectivity index (χ0) is 13.4. The van der Waals surface area contributed by atoms with E-state index in [1.807, 2.05) is 14.1 Å². The molecule has 0 atom stereocenters. The summed E-state index contributed by atoms with van der Waals surface area (Å²) in [6, 6.07) is 6.10. The largest absolute Gasteiger partial charge is 0.492 e. The average Bonchev–Trinajstić information content (AvgIpc) is 2.34. The molecule has 0 radical (unpaired) electrons. The predicted octanol–water partition coefficient (Wildman–Crippen LogP) is 1.12. The van der Waals surface area contributed by atoms with Crippen molar-refractivity contribution in [1.29, 1.82) is 0 Å². The zero-order valence-corrected chi connectivity index (χ0v) is 10.8. The summed E-state index contributed by atoms with van der Waals surface area (Å²) in [5, 5.41) is 13.7. The van der Waals surface area contributed by atoms with Crippen LogP contribution in [0, 0.1) is 10.1 Å². The highest BCUT2D eigenvalue weighted by atomic mass is 16.6. The van der Waals surface area contributed by atoms with Crippen molar-refractivity contribution in [2.24, 2.45) is 0 Å².